The van der Waals surface area contributed by atoms with Crippen LogP contribution >= 0.6 is 11.8 Å². The van der Waals surface area contributed by atoms with Crippen molar-refractivity contribution in [3.8, 4) is 11.5 Å². The molecule has 0 bridgehead atoms. The Kier molecular flexibility index (Phi) is 6.02. The first kappa shape index (κ1) is 22.1. The lowest BCUT2D eigenvalue weighted by atomic mass is 10.0. The summed E-state index contributed by atoms with van der Waals surface area (Å²) in [6.45, 7) is 0.394. The van der Waals surface area contributed by atoms with Gasteiger partial charge in [0.15, 0.2) is 11.6 Å². The Morgan fingerprint density at radius 2 is 1.97 bits per heavy atom. The van der Waals surface area contributed by atoms with Crippen molar-refractivity contribution < 1.29 is 28.2 Å². The van der Waals surface area contributed by atoms with Crippen LogP contribution in [0.2, 0.25) is 0 Å². The van der Waals surface area contributed by atoms with Gasteiger partial charge in [0, 0.05) is 23.2 Å². The van der Waals surface area contributed by atoms with Gasteiger partial charge >= 0.3 is 5.97 Å². The van der Waals surface area contributed by atoms with Crippen LogP contribution < -0.4 is 9.47 Å². The molecule has 0 spiro atoms. The van der Waals surface area contributed by atoms with Crippen LogP contribution in [0.25, 0.3) is 10.9 Å². The highest BCUT2D eigenvalue weighted by atomic mass is 32.2. The molecular formula is C25H18F2N2O4S. The molecule has 0 saturated heterocycles. The minimum absolute atomic E-state index is 0.0817. The number of aliphatic carboxylic acids is 1. The Labute approximate surface area is 197 Å². The first-order valence-corrected chi connectivity index (χ1v) is 11.4. The van der Waals surface area contributed by atoms with Crippen LogP contribution in [-0.2, 0) is 18.0 Å². The van der Waals surface area contributed by atoms with Gasteiger partial charge in [-0.2, -0.15) is 0 Å². The number of hydrogen-bond acceptors (Lipinski definition) is 6. The number of carbonyl (C=O) groups is 1. The molecule has 0 saturated carbocycles. The van der Waals surface area contributed by atoms with Crippen molar-refractivity contribution in [1.82, 2.24) is 9.97 Å². The first-order chi connectivity index (χ1) is 16.5. The number of pyridine rings is 2. The zero-order valence-corrected chi connectivity index (χ0v) is 18.5. The van der Waals surface area contributed by atoms with Crippen molar-refractivity contribution in [2.75, 3.05) is 5.75 Å². The molecule has 5 rings (SSSR count). The molecule has 4 aromatic rings. The van der Waals surface area contributed by atoms with Crippen LogP contribution in [0.5, 0.6) is 11.5 Å². The van der Waals surface area contributed by atoms with Gasteiger partial charge in [0.2, 0.25) is 0 Å². The van der Waals surface area contributed by atoms with Gasteiger partial charge in [0.25, 0.3) is 0 Å². The third kappa shape index (κ3) is 4.51. The van der Waals surface area contributed by atoms with Crippen molar-refractivity contribution >= 4 is 28.6 Å². The largest absolute Gasteiger partial charge is 0.487 e. The smallest absolute Gasteiger partial charge is 0.313 e. The first-order valence-electron chi connectivity index (χ1n) is 10.4. The van der Waals surface area contributed by atoms with Crippen LogP contribution in [0.1, 0.15) is 27.8 Å². The van der Waals surface area contributed by atoms with Gasteiger partial charge in [0.1, 0.15) is 24.7 Å². The number of carboxylic acid groups (broad SMARTS) is 1. The number of fused-ring (bicyclic) bond motifs is 3. The molecule has 6 nitrogen and oxygen atoms in total. The molecule has 1 aliphatic heterocycles. The van der Waals surface area contributed by atoms with Crippen LogP contribution in [0.15, 0.2) is 60.8 Å². The van der Waals surface area contributed by atoms with Crippen LogP contribution in [0, 0.1) is 11.6 Å². The van der Waals surface area contributed by atoms with Crippen molar-refractivity contribution in [3.05, 3.63) is 94.9 Å². The highest BCUT2D eigenvalue weighted by molar-refractivity contribution is 8.00. The van der Waals surface area contributed by atoms with Gasteiger partial charge in [-0.3, -0.25) is 9.78 Å². The number of aromatic nitrogens is 2. The molecule has 1 atom stereocenters. The molecular weight excluding hydrogens is 462 g/mol. The molecule has 9 heteroatoms. The molecule has 34 heavy (non-hydrogen) atoms. The van der Waals surface area contributed by atoms with E-state index < -0.39 is 17.6 Å². The summed E-state index contributed by atoms with van der Waals surface area (Å²) >= 11 is 1.28. The summed E-state index contributed by atoms with van der Waals surface area (Å²) in [4.78, 5) is 20.0. The number of thioether (sulfide) groups is 1. The molecule has 3 heterocycles. The molecule has 1 unspecified atom stereocenters. The van der Waals surface area contributed by atoms with E-state index in [-0.39, 0.29) is 24.2 Å². The number of carboxylic acids is 1. The number of ether oxygens (including phenoxy) is 2. The fraction of sp³-hybridized carbons (Fsp3) is 0.160. The number of benzene rings is 2. The van der Waals surface area contributed by atoms with Gasteiger partial charge in [-0.25, -0.2) is 13.8 Å². The molecule has 2 aromatic carbocycles. The second-order valence-corrected chi connectivity index (χ2v) is 8.76. The van der Waals surface area contributed by atoms with Crippen LogP contribution in [0.4, 0.5) is 8.78 Å². The summed E-state index contributed by atoms with van der Waals surface area (Å²) in [6, 6.07) is 14.6. The Bertz CT molecular complexity index is 1400. The van der Waals surface area contributed by atoms with Crippen LogP contribution in [-0.4, -0.2) is 26.8 Å². The molecule has 172 valence electrons. The molecule has 0 aliphatic carbocycles. The van der Waals surface area contributed by atoms with Crippen molar-refractivity contribution in [3.63, 3.8) is 0 Å². The minimum atomic E-state index is -0.955. The lowest BCUT2D eigenvalue weighted by molar-refractivity contribution is -0.133. The molecule has 0 amide bonds. The monoisotopic (exact) mass is 480 g/mol. The van der Waals surface area contributed by atoms with Crippen molar-refractivity contribution in [2.24, 2.45) is 0 Å². The number of nitrogens with zero attached hydrogens (tertiary/aromatic N) is 2. The maximum absolute atomic E-state index is 13.6. The summed E-state index contributed by atoms with van der Waals surface area (Å²) < 4.78 is 38.9. The standard InChI is InChI=1S/C25H18F2N2O4S/c26-19-8-14-3-4-15(29-21(14)10-20(19)27)11-32-16-5-6-23-18(9-16)25(34-13-24(30)31)17-2-1-7-28-22(17)12-33-23/h1-10,25H,11-13H2,(H,30,31). The summed E-state index contributed by atoms with van der Waals surface area (Å²) in [6.07, 6.45) is 1.68. The topological polar surface area (TPSA) is 81.5 Å². The van der Waals surface area contributed by atoms with E-state index in [0.717, 1.165) is 29.0 Å². The van der Waals surface area contributed by atoms with E-state index in [2.05, 4.69) is 9.97 Å². The van der Waals surface area contributed by atoms with Crippen molar-refractivity contribution in [2.45, 2.75) is 18.5 Å². The Morgan fingerprint density at radius 1 is 1.12 bits per heavy atom. The number of rotatable bonds is 6. The van der Waals surface area contributed by atoms with E-state index in [1.165, 1.54) is 11.8 Å². The second-order valence-electron chi connectivity index (χ2n) is 7.66. The molecule has 0 fully saturated rings. The maximum atomic E-state index is 13.6. The minimum Gasteiger partial charge on any atom is -0.487 e. The average molecular weight is 480 g/mol. The predicted molar refractivity (Wildman–Crippen MR) is 123 cm³/mol. The van der Waals surface area contributed by atoms with Gasteiger partial charge in [-0.05, 0) is 42.0 Å². The molecule has 1 aliphatic rings. The number of hydrogen-bond donors (Lipinski definition) is 1. The number of halogens is 2. The summed E-state index contributed by atoms with van der Waals surface area (Å²) in [5.74, 6) is -1.69. The summed E-state index contributed by atoms with van der Waals surface area (Å²) in [5, 5.41) is 9.44. The third-order valence-corrected chi connectivity index (χ3v) is 6.64. The fourth-order valence-corrected chi connectivity index (χ4v) is 4.88. The van der Waals surface area contributed by atoms with Crippen molar-refractivity contribution in [1.29, 1.82) is 0 Å². The lowest BCUT2D eigenvalue weighted by Gasteiger charge is -2.18. The van der Waals surface area contributed by atoms with Gasteiger partial charge < -0.3 is 14.6 Å². The Morgan fingerprint density at radius 3 is 2.82 bits per heavy atom. The summed E-state index contributed by atoms with van der Waals surface area (Å²) in [7, 11) is 0. The zero-order chi connectivity index (χ0) is 23.7. The molecule has 0 radical (unpaired) electrons. The Hall–Kier alpha value is -3.72. The maximum Gasteiger partial charge on any atom is 0.313 e. The van der Waals surface area contributed by atoms with Gasteiger partial charge in [-0.15, -0.1) is 11.8 Å². The second kappa shape index (κ2) is 9.26. The highest BCUT2D eigenvalue weighted by Crippen LogP contribution is 2.45. The molecule has 2 aromatic heterocycles. The van der Waals surface area contributed by atoms with Gasteiger partial charge in [-0.1, -0.05) is 12.1 Å². The van der Waals surface area contributed by atoms with Gasteiger partial charge in [0.05, 0.1) is 27.9 Å². The van der Waals surface area contributed by atoms with E-state index in [1.54, 1.807) is 30.5 Å². The SMILES string of the molecule is O=C(O)CSC1c2cc(OCc3ccc4cc(F)c(F)cc4n3)ccc2OCc2ncccc21. The quantitative estimate of drug-likeness (QED) is 0.402. The van der Waals surface area contributed by atoms with E-state index in [9.17, 15) is 18.7 Å². The zero-order valence-electron chi connectivity index (χ0n) is 17.7. The Balaban J connectivity index is 1.42. The molecule has 1 N–H and O–H groups in total. The lowest BCUT2D eigenvalue weighted by Crippen LogP contribution is -2.06. The summed E-state index contributed by atoms with van der Waals surface area (Å²) in [5.41, 5.74) is 3.34. The highest BCUT2D eigenvalue weighted by Gasteiger charge is 2.27. The van der Waals surface area contributed by atoms with Crippen LogP contribution in [0.3, 0.4) is 0 Å². The fourth-order valence-electron chi connectivity index (χ4n) is 3.81. The third-order valence-electron chi connectivity index (χ3n) is 5.39. The normalized spacial score (nSPS) is 14.6. The predicted octanol–water partition coefficient (Wildman–Crippen LogP) is 5.29. The van der Waals surface area contributed by atoms with E-state index >= 15 is 0 Å². The van der Waals surface area contributed by atoms with E-state index in [0.29, 0.717) is 28.1 Å². The van der Waals surface area contributed by atoms with E-state index in [4.69, 9.17) is 9.47 Å². The van der Waals surface area contributed by atoms with E-state index in [1.807, 2.05) is 18.2 Å². The average Bonchev–Trinajstić information content (AvgIpc) is 2.98.